The van der Waals surface area contributed by atoms with E-state index in [0.29, 0.717) is 37.5 Å². The van der Waals surface area contributed by atoms with Crippen LogP contribution in [0, 0.1) is 0 Å². The third kappa shape index (κ3) is 4.77. The third-order valence-electron chi connectivity index (χ3n) is 4.15. The first-order valence-corrected chi connectivity index (χ1v) is 10.1. The summed E-state index contributed by atoms with van der Waals surface area (Å²) < 4.78 is 61.3. The molecule has 2 N–H and O–H groups in total. The fourth-order valence-electron chi connectivity index (χ4n) is 2.76. The Morgan fingerprint density at radius 2 is 1.85 bits per heavy atom. The quantitative estimate of drug-likeness (QED) is 0.782. The van der Waals surface area contributed by atoms with Gasteiger partial charge >= 0.3 is 0 Å². The molecular weight excluding hydrogens is 370 g/mol. The number of nitrogens with zero attached hydrogens (tertiary/aromatic N) is 2. The number of halogens is 1. The van der Waals surface area contributed by atoms with Gasteiger partial charge in [0.2, 0.25) is 0 Å². The number of hydrogen-bond acceptors (Lipinski definition) is 3. The molecule has 26 heavy (non-hydrogen) atoms. The van der Waals surface area contributed by atoms with Gasteiger partial charge < -0.3 is 10.6 Å². The maximum atomic E-state index is 12.9. The van der Waals surface area contributed by atoms with Gasteiger partial charge in [-0.25, -0.2) is 0 Å². The molecule has 1 aliphatic rings. The topological polar surface area (TPSA) is 75.8 Å². The summed E-state index contributed by atoms with van der Waals surface area (Å²) in [5.41, 5.74) is 7.44. The molecule has 0 unspecified atom stereocenters. The predicted octanol–water partition coefficient (Wildman–Crippen LogP) is 3.74. The number of nitrogen functional groups attached to an aromatic ring is 1. The van der Waals surface area contributed by atoms with Gasteiger partial charge in [0.05, 0.1) is 10.4 Å². The van der Waals surface area contributed by atoms with Crippen molar-refractivity contribution >= 4 is 33.1 Å². The van der Waals surface area contributed by atoms with Gasteiger partial charge in [0.1, 0.15) is 5.84 Å². The molecule has 1 aliphatic heterocycles. The van der Waals surface area contributed by atoms with Gasteiger partial charge in [-0.2, -0.15) is 8.42 Å². The van der Waals surface area contributed by atoms with Crippen LogP contribution in [0.1, 0.15) is 30.3 Å². The lowest BCUT2D eigenvalue weighted by atomic mass is 10.1. The SMILES string of the molecule is [2H]c1c([2H])c(S(=O)(=O)N=C2CCCCN2CCc2ccc(N)cc2)c([2H])c([2H])c1Cl. The van der Waals surface area contributed by atoms with Crippen LogP contribution in [0.4, 0.5) is 5.69 Å². The molecule has 138 valence electrons. The Morgan fingerprint density at radius 3 is 2.54 bits per heavy atom. The maximum absolute atomic E-state index is 12.9. The zero-order chi connectivity index (χ0) is 22.1. The number of anilines is 1. The van der Waals surface area contributed by atoms with E-state index in [1.165, 1.54) is 0 Å². The molecule has 0 aliphatic carbocycles. The number of amidine groups is 1. The van der Waals surface area contributed by atoms with Crippen molar-refractivity contribution in [2.45, 2.75) is 30.6 Å². The predicted molar refractivity (Wildman–Crippen MR) is 106 cm³/mol. The highest BCUT2D eigenvalue weighted by molar-refractivity contribution is 7.90. The van der Waals surface area contributed by atoms with Gasteiger partial charge in [0.25, 0.3) is 10.0 Å². The van der Waals surface area contributed by atoms with Crippen molar-refractivity contribution in [1.29, 1.82) is 0 Å². The van der Waals surface area contributed by atoms with Crippen LogP contribution in [0.25, 0.3) is 0 Å². The molecule has 3 rings (SSSR count). The summed E-state index contributed by atoms with van der Waals surface area (Å²) in [6.45, 7) is 1.21. The second kappa shape index (κ2) is 8.10. The van der Waals surface area contributed by atoms with Gasteiger partial charge in [0.15, 0.2) is 0 Å². The molecule has 0 radical (unpaired) electrons. The summed E-state index contributed by atoms with van der Waals surface area (Å²) in [4.78, 5) is 1.14. The van der Waals surface area contributed by atoms with Crippen LogP contribution in [0.2, 0.25) is 5.02 Å². The lowest BCUT2D eigenvalue weighted by Crippen LogP contribution is -2.37. The monoisotopic (exact) mass is 395 g/mol. The number of benzene rings is 2. The molecule has 0 amide bonds. The smallest absolute Gasteiger partial charge is 0.283 e. The Morgan fingerprint density at radius 1 is 1.15 bits per heavy atom. The zero-order valence-electron chi connectivity index (χ0n) is 18.1. The Hall–Kier alpha value is -2.05. The van der Waals surface area contributed by atoms with E-state index in [-0.39, 0.29) is 0 Å². The van der Waals surface area contributed by atoms with Crippen LogP contribution in [0.15, 0.2) is 57.7 Å². The first-order valence-electron chi connectivity index (χ1n) is 10.3. The van der Waals surface area contributed by atoms with Gasteiger partial charge in [-0.05, 0) is 61.1 Å². The molecule has 0 aromatic heterocycles. The van der Waals surface area contributed by atoms with E-state index in [1.807, 2.05) is 29.2 Å². The number of likely N-dealkylation sites (tertiary alicyclic amines) is 1. The molecule has 2 aromatic rings. The highest BCUT2D eigenvalue weighted by atomic mass is 35.5. The summed E-state index contributed by atoms with van der Waals surface area (Å²) in [6, 6.07) is 4.85. The molecule has 7 heteroatoms. The van der Waals surface area contributed by atoms with Crippen LogP contribution in [0.5, 0.6) is 0 Å². The minimum Gasteiger partial charge on any atom is -0.399 e. The van der Waals surface area contributed by atoms with E-state index in [2.05, 4.69) is 4.40 Å². The second-order valence-corrected chi connectivity index (χ2v) is 7.98. The standard InChI is InChI=1S/C19H22ClN3O2S/c20-16-6-10-18(11-7-16)26(24,25)22-19-3-1-2-13-23(19)14-12-15-4-8-17(21)9-5-15/h4-11H,1-3,12-14,21H2/i6D,7D,10D,11D. The fourth-order valence-corrected chi connectivity index (χ4v) is 3.79. The summed E-state index contributed by atoms with van der Waals surface area (Å²) in [5.74, 6) is 0.364. The normalized spacial score (nSPS) is 19.0. The average Bonchev–Trinajstić information content (AvgIpc) is 2.71. The molecule has 0 spiro atoms. The molecule has 0 saturated carbocycles. The number of hydrogen-bond donors (Lipinski definition) is 1. The van der Waals surface area contributed by atoms with E-state index in [4.69, 9.17) is 22.8 Å². The lowest BCUT2D eigenvalue weighted by Gasteiger charge is -2.30. The summed E-state index contributed by atoms with van der Waals surface area (Å²) in [5, 5.41) is -0.417. The molecule has 0 atom stereocenters. The van der Waals surface area contributed by atoms with Crippen molar-refractivity contribution in [2.24, 2.45) is 4.40 Å². The number of nitrogens with two attached hydrogens (primary N) is 1. The minimum absolute atomic E-state index is 0.364. The van der Waals surface area contributed by atoms with Gasteiger partial charge in [-0.15, -0.1) is 4.40 Å². The van der Waals surface area contributed by atoms with Crippen LogP contribution in [-0.4, -0.2) is 32.2 Å². The van der Waals surface area contributed by atoms with Crippen LogP contribution in [0.3, 0.4) is 0 Å². The van der Waals surface area contributed by atoms with E-state index in [9.17, 15) is 8.42 Å². The third-order valence-corrected chi connectivity index (χ3v) is 5.51. The summed E-state index contributed by atoms with van der Waals surface area (Å²) in [6.07, 6.45) is 2.82. The molecule has 1 fully saturated rings. The van der Waals surface area contributed by atoms with Gasteiger partial charge in [-0.3, -0.25) is 0 Å². The van der Waals surface area contributed by atoms with Crippen molar-refractivity contribution in [3.63, 3.8) is 0 Å². The number of rotatable bonds is 5. The lowest BCUT2D eigenvalue weighted by molar-refractivity contribution is 0.374. The Bertz CT molecular complexity index is 1060. The van der Waals surface area contributed by atoms with E-state index in [1.54, 1.807) is 0 Å². The van der Waals surface area contributed by atoms with E-state index < -0.39 is 44.1 Å². The van der Waals surface area contributed by atoms with Crippen LogP contribution >= 0.6 is 11.6 Å². The fraction of sp³-hybridized carbons (Fsp3) is 0.316. The first kappa shape index (κ1) is 14.1. The number of sulfonamides is 1. The van der Waals surface area contributed by atoms with Crippen LogP contribution < -0.4 is 5.73 Å². The van der Waals surface area contributed by atoms with Crippen molar-refractivity contribution in [3.8, 4) is 0 Å². The molecule has 2 aromatic carbocycles. The molecular formula is C19H22ClN3O2S. The van der Waals surface area contributed by atoms with Crippen LogP contribution in [-0.2, 0) is 16.4 Å². The van der Waals surface area contributed by atoms with Crippen molar-refractivity contribution in [3.05, 3.63) is 59.0 Å². The summed E-state index contributed by atoms with van der Waals surface area (Å²) >= 11 is 5.77. The molecule has 1 heterocycles. The van der Waals surface area contributed by atoms with Gasteiger partial charge in [-0.1, -0.05) is 23.7 Å². The highest BCUT2D eigenvalue weighted by Crippen LogP contribution is 2.20. The minimum atomic E-state index is -4.45. The van der Waals surface area contributed by atoms with Gasteiger partial charge in [0, 0.05) is 30.2 Å². The zero-order valence-corrected chi connectivity index (χ0v) is 15.7. The highest BCUT2D eigenvalue weighted by Gasteiger charge is 2.21. The second-order valence-electron chi connectivity index (χ2n) is 6.06. The Kier molecular flexibility index (Phi) is 4.38. The average molecular weight is 396 g/mol. The number of piperidine rings is 1. The Balaban J connectivity index is 1.92. The molecule has 1 saturated heterocycles. The van der Waals surface area contributed by atoms with Crippen molar-refractivity contribution < 1.29 is 13.9 Å². The van der Waals surface area contributed by atoms with E-state index in [0.717, 1.165) is 18.4 Å². The Labute approximate surface area is 165 Å². The first-order chi connectivity index (χ1) is 14.1. The van der Waals surface area contributed by atoms with E-state index >= 15 is 0 Å². The largest absolute Gasteiger partial charge is 0.399 e. The maximum Gasteiger partial charge on any atom is 0.283 e. The molecule has 0 bridgehead atoms. The van der Waals surface area contributed by atoms with Crippen molar-refractivity contribution in [2.75, 3.05) is 18.8 Å². The van der Waals surface area contributed by atoms with Crippen molar-refractivity contribution in [1.82, 2.24) is 4.90 Å². The molecule has 5 nitrogen and oxygen atoms in total. The summed E-state index contributed by atoms with van der Waals surface area (Å²) in [7, 11) is -4.45.